The van der Waals surface area contributed by atoms with Gasteiger partial charge < -0.3 is 5.32 Å². The third-order valence-electron chi connectivity index (χ3n) is 5.35. The number of rotatable bonds is 4. The molecule has 0 atom stereocenters. The molecule has 2 aromatic carbocycles. The average molecular weight is 420 g/mol. The number of nitrogens with one attached hydrogen (secondary N) is 1. The monoisotopic (exact) mass is 420 g/mol. The molecule has 152 valence electrons. The molecule has 1 aliphatic heterocycles. The van der Waals surface area contributed by atoms with E-state index in [1.807, 2.05) is 36.4 Å². The topological polar surface area (TPSA) is 103 Å². The summed E-state index contributed by atoms with van der Waals surface area (Å²) in [4.78, 5) is 17.1. The van der Waals surface area contributed by atoms with Crippen LogP contribution in [0.1, 0.15) is 18.4 Å². The zero-order valence-corrected chi connectivity index (χ0v) is 17.0. The summed E-state index contributed by atoms with van der Waals surface area (Å²) < 4.78 is 27.3. The molecule has 1 fully saturated rings. The molecule has 0 spiro atoms. The number of benzene rings is 2. The lowest BCUT2D eigenvalue weighted by Crippen LogP contribution is -2.41. The van der Waals surface area contributed by atoms with Crippen molar-refractivity contribution in [2.75, 3.05) is 18.4 Å². The number of carbonyl (C=O) groups excluding carboxylic acids is 1. The fourth-order valence-corrected chi connectivity index (χ4v) is 5.34. The number of nitriles is 1. The van der Waals surface area contributed by atoms with E-state index in [0.717, 1.165) is 10.9 Å². The number of piperidine rings is 1. The van der Waals surface area contributed by atoms with Gasteiger partial charge in [-0.3, -0.25) is 9.78 Å². The van der Waals surface area contributed by atoms with Gasteiger partial charge in [-0.2, -0.15) is 9.57 Å². The SMILES string of the molecule is N#Cc1ccccc1S(=O)(=O)N1CCC(C(=O)Nc2cccc3ncccc23)CC1. The van der Waals surface area contributed by atoms with Crippen LogP contribution in [0.2, 0.25) is 0 Å². The highest BCUT2D eigenvalue weighted by atomic mass is 32.2. The van der Waals surface area contributed by atoms with Gasteiger partial charge in [0.25, 0.3) is 0 Å². The Labute approximate surface area is 175 Å². The van der Waals surface area contributed by atoms with Gasteiger partial charge >= 0.3 is 0 Å². The van der Waals surface area contributed by atoms with E-state index in [-0.39, 0.29) is 35.4 Å². The number of amides is 1. The molecule has 1 aromatic heterocycles. The van der Waals surface area contributed by atoms with Crippen molar-refractivity contribution in [2.24, 2.45) is 5.92 Å². The fraction of sp³-hybridized carbons (Fsp3) is 0.227. The minimum absolute atomic E-state index is 0.0126. The van der Waals surface area contributed by atoms with Crippen LogP contribution in [-0.4, -0.2) is 36.7 Å². The van der Waals surface area contributed by atoms with Gasteiger partial charge in [0.15, 0.2) is 0 Å². The number of aromatic nitrogens is 1. The number of carbonyl (C=O) groups is 1. The van der Waals surface area contributed by atoms with Crippen LogP contribution in [0.5, 0.6) is 0 Å². The van der Waals surface area contributed by atoms with Crippen molar-refractivity contribution < 1.29 is 13.2 Å². The van der Waals surface area contributed by atoms with Crippen LogP contribution in [0.15, 0.2) is 65.7 Å². The van der Waals surface area contributed by atoms with E-state index < -0.39 is 10.0 Å². The third kappa shape index (κ3) is 3.77. The van der Waals surface area contributed by atoms with Crippen LogP contribution in [0.25, 0.3) is 10.9 Å². The smallest absolute Gasteiger partial charge is 0.244 e. The molecule has 0 unspecified atom stereocenters. The van der Waals surface area contributed by atoms with Crippen LogP contribution >= 0.6 is 0 Å². The van der Waals surface area contributed by atoms with E-state index in [4.69, 9.17) is 0 Å². The number of fused-ring (bicyclic) bond motifs is 1. The summed E-state index contributed by atoms with van der Waals surface area (Å²) in [6, 6.07) is 17.4. The van der Waals surface area contributed by atoms with E-state index >= 15 is 0 Å². The quantitative estimate of drug-likeness (QED) is 0.698. The second-order valence-corrected chi connectivity index (χ2v) is 9.06. The van der Waals surface area contributed by atoms with Gasteiger partial charge in [0, 0.05) is 30.6 Å². The zero-order chi connectivity index (χ0) is 21.1. The van der Waals surface area contributed by atoms with Crippen LogP contribution in [0.3, 0.4) is 0 Å². The molecule has 1 aliphatic rings. The molecule has 8 heteroatoms. The minimum atomic E-state index is -3.77. The molecule has 1 amide bonds. The summed E-state index contributed by atoms with van der Waals surface area (Å²) >= 11 is 0. The lowest BCUT2D eigenvalue weighted by molar-refractivity contribution is -0.120. The van der Waals surface area contributed by atoms with Crippen LogP contribution in [0.4, 0.5) is 5.69 Å². The average Bonchev–Trinajstić information content (AvgIpc) is 2.79. The maximum atomic E-state index is 12.9. The summed E-state index contributed by atoms with van der Waals surface area (Å²) in [6.45, 7) is 0.467. The van der Waals surface area contributed by atoms with Crippen molar-refractivity contribution in [1.82, 2.24) is 9.29 Å². The lowest BCUT2D eigenvalue weighted by atomic mass is 9.97. The predicted octanol–water partition coefficient (Wildman–Crippen LogP) is 3.15. The van der Waals surface area contributed by atoms with Crippen LogP contribution in [0, 0.1) is 17.2 Å². The molecule has 0 radical (unpaired) electrons. The molecule has 30 heavy (non-hydrogen) atoms. The summed E-state index contributed by atoms with van der Waals surface area (Å²) in [7, 11) is -3.77. The maximum Gasteiger partial charge on any atom is 0.244 e. The lowest BCUT2D eigenvalue weighted by Gasteiger charge is -2.30. The largest absolute Gasteiger partial charge is 0.325 e. The van der Waals surface area contributed by atoms with Crippen molar-refractivity contribution in [3.8, 4) is 6.07 Å². The van der Waals surface area contributed by atoms with E-state index in [2.05, 4.69) is 10.3 Å². The van der Waals surface area contributed by atoms with Gasteiger partial charge in [0.2, 0.25) is 15.9 Å². The van der Waals surface area contributed by atoms with E-state index in [1.165, 1.54) is 16.4 Å². The van der Waals surface area contributed by atoms with E-state index in [0.29, 0.717) is 18.5 Å². The first-order chi connectivity index (χ1) is 14.5. The molecule has 3 aromatic rings. The molecule has 0 bridgehead atoms. The Balaban J connectivity index is 1.45. The maximum absolute atomic E-state index is 12.9. The molecule has 7 nitrogen and oxygen atoms in total. The van der Waals surface area contributed by atoms with Gasteiger partial charge in [-0.05, 0) is 49.2 Å². The third-order valence-corrected chi connectivity index (χ3v) is 7.31. The molecular weight excluding hydrogens is 400 g/mol. The van der Waals surface area contributed by atoms with Gasteiger partial charge in [0.05, 0.1) is 21.7 Å². The first-order valence-corrected chi connectivity index (χ1v) is 11.1. The van der Waals surface area contributed by atoms with Crippen molar-refractivity contribution >= 4 is 32.5 Å². The Morgan fingerprint density at radius 3 is 2.60 bits per heavy atom. The second-order valence-electron chi connectivity index (χ2n) is 7.15. The number of nitrogens with zero attached hydrogens (tertiary/aromatic N) is 3. The Hall–Kier alpha value is -3.28. The highest BCUT2D eigenvalue weighted by Gasteiger charge is 2.33. The Bertz CT molecular complexity index is 1240. The van der Waals surface area contributed by atoms with E-state index in [9.17, 15) is 18.5 Å². The molecule has 0 aliphatic carbocycles. The first kappa shape index (κ1) is 20.0. The van der Waals surface area contributed by atoms with Gasteiger partial charge in [-0.1, -0.05) is 18.2 Å². The summed E-state index contributed by atoms with van der Waals surface area (Å²) in [5, 5.41) is 13.1. The first-order valence-electron chi connectivity index (χ1n) is 9.64. The van der Waals surface area contributed by atoms with Gasteiger partial charge in [-0.15, -0.1) is 0 Å². The molecule has 1 N–H and O–H groups in total. The molecule has 2 heterocycles. The number of hydrogen-bond donors (Lipinski definition) is 1. The number of hydrogen-bond acceptors (Lipinski definition) is 5. The van der Waals surface area contributed by atoms with Gasteiger partial charge in [0.1, 0.15) is 6.07 Å². The summed E-state index contributed by atoms with van der Waals surface area (Å²) in [6.07, 6.45) is 2.54. The predicted molar refractivity (Wildman–Crippen MR) is 113 cm³/mol. The van der Waals surface area contributed by atoms with Crippen molar-refractivity contribution in [1.29, 1.82) is 5.26 Å². The Morgan fingerprint density at radius 2 is 1.83 bits per heavy atom. The highest BCUT2D eigenvalue weighted by Crippen LogP contribution is 2.27. The number of anilines is 1. The number of sulfonamides is 1. The van der Waals surface area contributed by atoms with Crippen LogP contribution in [-0.2, 0) is 14.8 Å². The normalized spacial score (nSPS) is 15.6. The Kier molecular flexibility index (Phi) is 5.48. The summed E-state index contributed by atoms with van der Waals surface area (Å²) in [5.41, 5.74) is 1.62. The minimum Gasteiger partial charge on any atom is -0.325 e. The standard InChI is InChI=1S/C22H20N4O3S/c23-15-17-5-1-2-9-21(17)30(28,29)26-13-10-16(11-14-26)22(27)25-20-8-3-7-19-18(20)6-4-12-24-19/h1-9,12,16H,10-11,13-14H2,(H,25,27). The van der Waals surface area contributed by atoms with Crippen LogP contribution < -0.4 is 5.32 Å². The second kappa shape index (κ2) is 8.22. The fourth-order valence-electron chi connectivity index (χ4n) is 3.73. The molecule has 0 saturated carbocycles. The molecule has 1 saturated heterocycles. The van der Waals surface area contributed by atoms with Crippen molar-refractivity contribution in [2.45, 2.75) is 17.7 Å². The number of pyridine rings is 1. The summed E-state index contributed by atoms with van der Waals surface area (Å²) in [5.74, 6) is -0.407. The molecular formula is C22H20N4O3S. The van der Waals surface area contributed by atoms with E-state index in [1.54, 1.807) is 18.3 Å². The highest BCUT2D eigenvalue weighted by molar-refractivity contribution is 7.89. The van der Waals surface area contributed by atoms with Crippen molar-refractivity contribution in [3.63, 3.8) is 0 Å². The molecule has 4 rings (SSSR count). The van der Waals surface area contributed by atoms with Gasteiger partial charge in [-0.25, -0.2) is 8.42 Å². The zero-order valence-electron chi connectivity index (χ0n) is 16.2. The Morgan fingerprint density at radius 1 is 1.07 bits per heavy atom. The van der Waals surface area contributed by atoms with Crippen molar-refractivity contribution in [3.05, 3.63) is 66.4 Å².